The molecule has 0 atom stereocenters. The molecule has 0 saturated carbocycles. The number of benzene rings is 1. The molecule has 0 saturated heterocycles. The van der Waals surface area contributed by atoms with Crippen molar-refractivity contribution < 1.29 is 50.8 Å². The Morgan fingerprint density at radius 3 is 2.48 bits per heavy atom. The average molecular weight is 474 g/mol. The monoisotopic (exact) mass is 474 g/mol. The molecule has 0 N–H and O–H groups in total. The summed E-state index contributed by atoms with van der Waals surface area (Å²) in [5.41, 5.74) is 0.710. The van der Waals surface area contributed by atoms with Crippen LogP contribution in [0.25, 0.3) is 5.57 Å². The van der Waals surface area contributed by atoms with E-state index in [1.165, 1.54) is 27.4 Å². The van der Waals surface area contributed by atoms with Crippen LogP contribution in [0, 0.1) is 7.43 Å². The van der Waals surface area contributed by atoms with Gasteiger partial charge in [0.2, 0.25) is 0 Å². The van der Waals surface area contributed by atoms with Gasteiger partial charge in [-0.25, -0.2) is 4.79 Å². The number of halogens is 3. The van der Waals surface area contributed by atoms with Crippen molar-refractivity contribution in [3.05, 3.63) is 78.7 Å². The zero-order chi connectivity index (χ0) is 21.4. The number of methoxy groups -OCH3 is 2. The third kappa shape index (κ3) is 7.77. The smallest absolute Gasteiger partial charge is 0.416 e. The van der Waals surface area contributed by atoms with Crippen LogP contribution < -0.4 is 0 Å². The molecule has 167 valence electrons. The minimum Gasteiger partial charge on any atom is -0.503 e. The number of oxime groups is 1. The molecule has 1 heterocycles. The summed E-state index contributed by atoms with van der Waals surface area (Å²) in [6.07, 6.45) is -2.16. The number of nitrogens with zero attached hydrogens (tertiary/aromatic N) is 2. The molecule has 10 heteroatoms. The number of esters is 1. The van der Waals surface area contributed by atoms with Gasteiger partial charge in [-0.3, -0.25) is 4.98 Å². The number of alkyl halides is 3. The van der Waals surface area contributed by atoms with E-state index in [1.54, 1.807) is 24.3 Å². The van der Waals surface area contributed by atoms with Gasteiger partial charge in [-0.05, 0) is 24.6 Å². The summed E-state index contributed by atoms with van der Waals surface area (Å²) in [5, 5.41) is 3.84. The van der Waals surface area contributed by atoms with Crippen molar-refractivity contribution in [3.8, 4) is 0 Å². The van der Waals surface area contributed by atoms with E-state index in [9.17, 15) is 18.0 Å². The fourth-order valence-corrected chi connectivity index (χ4v) is 2.41. The zero-order valence-corrected chi connectivity index (χ0v) is 18.8. The first-order valence-electron chi connectivity index (χ1n) is 8.37. The molecule has 0 aliphatic carbocycles. The van der Waals surface area contributed by atoms with Crippen molar-refractivity contribution >= 4 is 17.3 Å². The minimum atomic E-state index is -4.48. The van der Waals surface area contributed by atoms with Crippen LogP contribution in [-0.4, -0.2) is 30.9 Å². The Bertz CT molecular complexity index is 931. The van der Waals surface area contributed by atoms with Gasteiger partial charge in [0.05, 0.1) is 31.7 Å². The predicted octanol–water partition coefficient (Wildman–Crippen LogP) is 4.65. The van der Waals surface area contributed by atoms with E-state index in [0.717, 1.165) is 18.3 Å². The molecule has 6 nitrogen and oxygen atoms in total. The van der Waals surface area contributed by atoms with Crippen molar-refractivity contribution in [2.24, 2.45) is 5.16 Å². The van der Waals surface area contributed by atoms with Crippen molar-refractivity contribution in [1.29, 1.82) is 0 Å². The number of rotatable bonds is 7. The number of hydrogen-bond donors (Lipinski definition) is 0. The molecule has 0 spiro atoms. The summed E-state index contributed by atoms with van der Waals surface area (Å²) < 4.78 is 48.2. The first-order chi connectivity index (χ1) is 13.8. The Morgan fingerprint density at radius 1 is 1.19 bits per heavy atom. The number of pyridine rings is 1. The van der Waals surface area contributed by atoms with Crippen LogP contribution >= 0.6 is 0 Å². The Kier molecular flexibility index (Phi) is 11.7. The van der Waals surface area contributed by atoms with Crippen LogP contribution in [0.15, 0.2) is 54.0 Å². The Morgan fingerprint density at radius 2 is 1.87 bits per heavy atom. The second-order valence-corrected chi connectivity index (χ2v) is 5.79. The average Bonchev–Trinajstić information content (AvgIpc) is 2.71. The molecule has 0 unspecified atom stereocenters. The van der Waals surface area contributed by atoms with E-state index in [-0.39, 0.29) is 49.6 Å². The summed E-state index contributed by atoms with van der Waals surface area (Å²) >= 11 is 0. The molecule has 0 amide bonds. The van der Waals surface area contributed by atoms with Crippen LogP contribution in [0.5, 0.6) is 0 Å². The maximum absolute atomic E-state index is 12.8. The van der Waals surface area contributed by atoms with Crippen molar-refractivity contribution in [1.82, 2.24) is 4.98 Å². The van der Waals surface area contributed by atoms with Crippen molar-refractivity contribution in [2.45, 2.75) is 19.7 Å². The van der Waals surface area contributed by atoms with Gasteiger partial charge in [-0.15, -0.1) is 0 Å². The number of carbonyl (C=O) groups is 1. The fraction of sp³-hybridized carbons (Fsp3) is 0.238. The first kappa shape index (κ1) is 28.2. The number of ether oxygens (including phenoxy) is 2. The summed E-state index contributed by atoms with van der Waals surface area (Å²) in [7, 11) is 2.65. The third-order valence-electron chi connectivity index (χ3n) is 3.83. The largest absolute Gasteiger partial charge is 0.503 e. The zero-order valence-electron chi connectivity index (χ0n) is 17.4. The Hall–Kier alpha value is -2.78. The first-order valence-corrected chi connectivity index (χ1v) is 8.37. The molecule has 2 aromatic rings. The van der Waals surface area contributed by atoms with Gasteiger partial charge >= 0.3 is 12.1 Å². The standard InChI is InChI=1S/C20H19F3N2O4.CH3.V/c1-13(18-10-15(8-9-24-18)20(21,22)23)25-29-11-14-6-4-5-7-16(14)17(12-27-2)19(26)28-3;;/h4-10,12H,11H2,1-3H3;1H3;/q;-1;/b17-12+,25-13+;;. The molecule has 2 rings (SSSR count). The Labute approximate surface area is 191 Å². The summed E-state index contributed by atoms with van der Waals surface area (Å²) in [4.78, 5) is 21.2. The molecule has 0 bridgehead atoms. The van der Waals surface area contributed by atoms with Gasteiger partial charge < -0.3 is 21.7 Å². The van der Waals surface area contributed by atoms with E-state index >= 15 is 0 Å². The van der Waals surface area contributed by atoms with Crippen LogP contribution in [0.2, 0.25) is 0 Å². The van der Waals surface area contributed by atoms with Gasteiger partial charge in [-0.2, -0.15) is 13.2 Å². The van der Waals surface area contributed by atoms with Crippen LogP contribution in [-0.2, 0) is 50.4 Å². The second kappa shape index (κ2) is 12.8. The van der Waals surface area contributed by atoms with Gasteiger partial charge in [0.1, 0.15) is 17.9 Å². The molecule has 31 heavy (non-hydrogen) atoms. The number of aromatic nitrogens is 1. The maximum atomic E-state index is 12.8. The van der Waals surface area contributed by atoms with E-state index < -0.39 is 17.7 Å². The SMILES string of the molecule is CO/C=C(/C(=O)OC)c1ccccc1CO/N=C(\C)c1cc(C(F)(F)F)ccn1.[CH3-].[V]. The Balaban J connectivity index is 0.00000450. The van der Waals surface area contributed by atoms with E-state index in [2.05, 4.69) is 10.1 Å². The summed E-state index contributed by atoms with van der Waals surface area (Å²) in [6.45, 7) is 1.45. The molecule has 0 aliphatic heterocycles. The maximum Gasteiger partial charge on any atom is 0.416 e. The summed E-state index contributed by atoms with van der Waals surface area (Å²) in [6, 6.07) is 8.65. The third-order valence-corrected chi connectivity index (χ3v) is 3.83. The number of carbonyl (C=O) groups excluding carboxylic acids is 1. The van der Waals surface area contributed by atoms with Crippen LogP contribution in [0.3, 0.4) is 0 Å². The summed E-state index contributed by atoms with van der Waals surface area (Å²) in [5.74, 6) is -0.591. The van der Waals surface area contributed by atoms with Crippen molar-refractivity contribution in [2.75, 3.05) is 14.2 Å². The topological polar surface area (TPSA) is 70.0 Å². The van der Waals surface area contributed by atoms with Crippen LogP contribution in [0.1, 0.15) is 29.3 Å². The van der Waals surface area contributed by atoms with Gasteiger partial charge in [0.15, 0.2) is 0 Å². The molecular formula is C21H22F3N2O4V-. The van der Waals surface area contributed by atoms with Gasteiger partial charge in [-0.1, -0.05) is 29.4 Å². The molecule has 0 aliphatic rings. The van der Waals surface area contributed by atoms with Gasteiger partial charge in [0.25, 0.3) is 0 Å². The quantitative estimate of drug-likeness (QED) is 0.146. The molecule has 0 fully saturated rings. The van der Waals surface area contributed by atoms with E-state index in [0.29, 0.717) is 11.1 Å². The van der Waals surface area contributed by atoms with E-state index in [4.69, 9.17) is 14.3 Å². The predicted molar refractivity (Wildman–Crippen MR) is 106 cm³/mol. The number of hydrogen-bond acceptors (Lipinski definition) is 6. The second-order valence-electron chi connectivity index (χ2n) is 5.79. The molecule has 1 aromatic carbocycles. The molecule has 1 radical (unpaired) electrons. The minimum absolute atomic E-state index is 0. The van der Waals surface area contributed by atoms with Gasteiger partial charge in [0, 0.05) is 30.3 Å². The van der Waals surface area contributed by atoms with E-state index in [1.807, 2.05) is 0 Å². The normalized spacial score (nSPS) is 11.7. The molecular weight excluding hydrogens is 452 g/mol. The van der Waals surface area contributed by atoms with Crippen molar-refractivity contribution in [3.63, 3.8) is 0 Å². The fourth-order valence-electron chi connectivity index (χ4n) is 2.41. The molecule has 1 aromatic heterocycles. The van der Waals surface area contributed by atoms with Crippen LogP contribution in [0.4, 0.5) is 13.2 Å².